The van der Waals surface area contributed by atoms with Crippen molar-refractivity contribution in [2.24, 2.45) is 0 Å². The second kappa shape index (κ2) is 7.58. The van der Waals surface area contributed by atoms with Gasteiger partial charge in [0.15, 0.2) is 11.6 Å². The third-order valence-corrected chi connectivity index (χ3v) is 7.17. The van der Waals surface area contributed by atoms with Crippen LogP contribution in [0.15, 0.2) is 24.3 Å². The van der Waals surface area contributed by atoms with Crippen LogP contribution in [-0.2, 0) is 0 Å². The third-order valence-electron chi connectivity index (χ3n) is 5.06. The van der Waals surface area contributed by atoms with E-state index < -0.39 is 28.1 Å². The van der Waals surface area contributed by atoms with E-state index in [-0.39, 0.29) is 16.1 Å². The van der Waals surface area contributed by atoms with Gasteiger partial charge in [-0.1, -0.05) is 36.0 Å². The van der Waals surface area contributed by atoms with Gasteiger partial charge in [0.05, 0.1) is 11.4 Å². The number of rotatable bonds is 7. The van der Waals surface area contributed by atoms with Crippen molar-refractivity contribution in [2.75, 3.05) is 10.0 Å². The molecule has 1 saturated carbocycles. The van der Waals surface area contributed by atoms with Crippen molar-refractivity contribution in [3.8, 4) is 0 Å². The monoisotopic (exact) mass is 394 g/mol. The molecule has 2 aromatic rings. The maximum Gasteiger partial charge on any atom is 0.184 e. The molecule has 2 aromatic carbocycles. The molecule has 0 radical (unpaired) electrons. The summed E-state index contributed by atoms with van der Waals surface area (Å²) in [4.78, 5) is 0. The van der Waals surface area contributed by atoms with Crippen molar-refractivity contribution >= 4 is 33.6 Å². The Hall–Kier alpha value is -1.95. The number of aryl methyl sites for hydroxylation is 2. The summed E-state index contributed by atoms with van der Waals surface area (Å²) in [5.74, 6) is 1.75. The van der Waals surface area contributed by atoms with Crippen molar-refractivity contribution in [3.05, 3.63) is 52.8 Å². The predicted octanol–water partition coefficient (Wildman–Crippen LogP) is 6.82. The summed E-state index contributed by atoms with van der Waals surface area (Å²) in [6.45, 7) is 5.61. The molecule has 27 heavy (non-hydrogen) atoms. The maximum atomic E-state index is 14.6. The first kappa shape index (κ1) is 19.8. The fourth-order valence-electron chi connectivity index (χ4n) is 3.30. The average molecular weight is 395 g/mol. The number of anilines is 3. The number of hydrogen-bond acceptors (Lipinski definition) is 2. The zero-order chi connectivity index (χ0) is 19.8. The molecule has 6 heteroatoms. The van der Waals surface area contributed by atoms with E-state index in [1.807, 2.05) is 0 Å². The van der Waals surface area contributed by atoms with Gasteiger partial charge in [-0.3, -0.25) is 0 Å². The van der Waals surface area contributed by atoms with E-state index >= 15 is 0 Å². The highest BCUT2D eigenvalue weighted by Gasteiger charge is 2.44. The Kier molecular flexibility index (Phi) is 5.56. The Bertz CT molecular complexity index is 891. The average Bonchev–Trinajstić information content (AvgIpc) is 3.39. The number of hydrogen-bond donors (Lipinski definition) is 2. The van der Waals surface area contributed by atoms with Crippen molar-refractivity contribution < 1.29 is 13.2 Å². The molecule has 0 amide bonds. The first-order valence-corrected chi connectivity index (χ1v) is 10.5. The molecule has 1 aliphatic rings. The molecule has 1 unspecified atom stereocenters. The lowest BCUT2D eigenvalue weighted by molar-refractivity contribution is 0.511. The Balaban J connectivity index is 1.98. The predicted molar refractivity (Wildman–Crippen MR) is 111 cm³/mol. The lowest BCUT2D eigenvalue weighted by Crippen LogP contribution is -2.12. The molecule has 0 spiro atoms. The number of halogens is 3. The van der Waals surface area contributed by atoms with E-state index in [9.17, 15) is 13.2 Å². The van der Waals surface area contributed by atoms with Gasteiger partial charge in [0.25, 0.3) is 0 Å². The lowest BCUT2D eigenvalue weighted by atomic mass is 10.1. The molecule has 0 aromatic heterocycles. The number of nitrogens with one attached hydrogen (secondary N) is 2. The van der Waals surface area contributed by atoms with Gasteiger partial charge in [0.2, 0.25) is 0 Å². The molecule has 1 fully saturated rings. The molecule has 1 aliphatic carbocycles. The fourth-order valence-corrected chi connectivity index (χ4v) is 5.07. The molecule has 0 aliphatic heterocycles. The van der Waals surface area contributed by atoms with Gasteiger partial charge in [-0.15, -0.1) is 0 Å². The summed E-state index contributed by atoms with van der Waals surface area (Å²) in [7, 11) is -0.445. The summed E-state index contributed by atoms with van der Waals surface area (Å²) in [5.41, 5.74) is 1.77. The second-order valence-electron chi connectivity index (χ2n) is 7.27. The summed E-state index contributed by atoms with van der Waals surface area (Å²) >= 11 is 0. The first-order valence-electron chi connectivity index (χ1n) is 9.10. The minimum Gasteiger partial charge on any atom is -0.349 e. The van der Waals surface area contributed by atoms with Gasteiger partial charge in [-0.2, -0.15) is 0 Å². The summed E-state index contributed by atoms with van der Waals surface area (Å²) < 4.78 is 46.4. The van der Waals surface area contributed by atoms with E-state index in [1.165, 1.54) is 12.1 Å². The standard InChI is InChI=1S/C21H25F3N2S/c1-5-8-21(9-10-21)27(4)26-19-14(3)12-16(23)18(24)20(19)25-17-7-6-13(2)11-15(17)22/h6-7,11-12,25-26H,4-5,8-10H2,1-3H3. The maximum absolute atomic E-state index is 14.6. The van der Waals surface area contributed by atoms with E-state index in [4.69, 9.17) is 0 Å². The van der Waals surface area contributed by atoms with E-state index in [0.717, 1.165) is 37.3 Å². The van der Waals surface area contributed by atoms with Crippen molar-refractivity contribution in [3.63, 3.8) is 0 Å². The zero-order valence-electron chi connectivity index (χ0n) is 15.9. The molecule has 0 heterocycles. The highest BCUT2D eigenvalue weighted by molar-refractivity contribution is 8.16. The van der Waals surface area contributed by atoms with E-state index in [1.54, 1.807) is 19.9 Å². The summed E-state index contributed by atoms with van der Waals surface area (Å²) in [6, 6.07) is 5.75. The molecule has 2 N–H and O–H groups in total. The smallest absolute Gasteiger partial charge is 0.184 e. The van der Waals surface area contributed by atoms with E-state index in [0.29, 0.717) is 11.3 Å². The SMILES string of the molecule is C=S(Nc1c(C)cc(F)c(F)c1Nc1ccc(C)cc1F)C1(CCC)CC1. The van der Waals surface area contributed by atoms with Crippen LogP contribution >= 0.6 is 10.7 Å². The molecule has 146 valence electrons. The molecule has 2 nitrogen and oxygen atoms in total. The summed E-state index contributed by atoms with van der Waals surface area (Å²) in [5, 5.41) is 2.75. The van der Waals surface area contributed by atoms with Crippen molar-refractivity contribution in [2.45, 2.75) is 51.2 Å². The molecule has 3 rings (SSSR count). The van der Waals surface area contributed by atoms with Gasteiger partial charge >= 0.3 is 0 Å². The van der Waals surface area contributed by atoms with Crippen molar-refractivity contribution in [1.82, 2.24) is 0 Å². The topological polar surface area (TPSA) is 24.1 Å². The largest absolute Gasteiger partial charge is 0.349 e. The first-order chi connectivity index (χ1) is 12.8. The van der Waals surface area contributed by atoms with Crippen LogP contribution in [0.4, 0.5) is 30.2 Å². The van der Waals surface area contributed by atoms with Crippen LogP contribution in [0.5, 0.6) is 0 Å². The number of benzene rings is 2. The van der Waals surface area contributed by atoms with Crippen LogP contribution in [0, 0.1) is 31.3 Å². The highest BCUT2D eigenvalue weighted by atomic mass is 32.2. The molecular formula is C21H25F3N2S. The van der Waals surface area contributed by atoms with E-state index in [2.05, 4.69) is 22.8 Å². The Morgan fingerprint density at radius 2 is 1.78 bits per heavy atom. The van der Waals surface area contributed by atoms with Crippen LogP contribution < -0.4 is 10.0 Å². The zero-order valence-corrected chi connectivity index (χ0v) is 16.7. The molecular weight excluding hydrogens is 369 g/mol. The summed E-state index contributed by atoms with van der Waals surface area (Å²) in [6.07, 6.45) is 4.26. The van der Waals surface area contributed by atoms with Gasteiger partial charge < -0.3 is 10.0 Å². The molecule has 0 bridgehead atoms. The highest BCUT2D eigenvalue weighted by Crippen LogP contribution is 2.55. The Morgan fingerprint density at radius 1 is 1.07 bits per heavy atom. The van der Waals surface area contributed by atoms with Gasteiger partial charge in [-0.25, -0.2) is 13.2 Å². The third kappa shape index (κ3) is 4.00. The molecule has 1 atom stereocenters. The van der Waals surface area contributed by atoms with Crippen LogP contribution in [0.3, 0.4) is 0 Å². The fraction of sp³-hybridized carbons (Fsp3) is 0.381. The van der Waals surface area contributed by atoms with Crippen LogP contribution in [0.2, 0.25) is 0 Å². The van der Waals surface area contributed by atoms with Crippen LogP contribution in [0.25, 0.3) is 0 Å². The van der Waals surface area contributed by atoms with Crippen molar-refractivity contribution in [1.29, 1.82) is 0 Å². The minimum absolute atomic E-state index is 0.0799. The Morgan fingerprint density at radius 3 is 2.37 bits per heavy atom. The van der Waals surface area contributed by atoms with Crippen LogP contribution in [0.1, 0.15) is 43.7 Å². The lowest BCUT2D eigenvalue weighted by Gasteiger charge is -2.24. The molecule has 0 saturated heterocycles. The van der Waals surface area contributed by atoms with Crippen LogP contribution in [-0.4, -0.2) is 10.6 Å². The quantitative estimate of drug-likeness (QED) is 0.503. The minimum atomic E-state index is -1.03. The Labute approximate surface area is 161 Å². The van der Waals surface area contributed by atoms with Gasteiger partial charge in [0.1, 0.15) is 11.5 Å². The van der Waals surface area contributed by atoms with Gasteiger partial charge in [0, 0.05) is 4.75 Å². The normalized spacial score (nSPS) is 16.1. The second-order valence-corrected chi connectivity index (χ2v) is 9.13. The van der Waals surface area contributed by atoms with Gasteiger partial charge in [-0.05, 0) is 62.4 Å².